The van der Waals surface area contributed by atoms with Crippen molar-refractivity contribution in [1.82, 2.24) is 10.2 Å². The van der Waals surface area contributed by atoms with Gasteiger partial charge in [-0.15, -0.1) is 10.2 Å². The summed E-state index contributed by atoms with van der Waals surface area (Å²) in [4.78, 5) is 11.9. The number of benzene rings is 1. The molecule has 0 bridgehead atoms. The maximum atomic E-state index is 11.9. The fourth-order valence-electron chi connectivity index (χ4n) is 1.83. The van der Waals surface area contributed by atoms with E-state index in [2.05, 4.69) is 48.4 Å². The van der Waals surface area contributed by atoms with E-state index in [9.17, 15) is 4.79 Å². The Hall–Kier alpha value is -1.75. The van der Waals surface area contributed by atoms with Crippen LogP contribution in [0.1, 0.15) is 42.3 Å². The number of carbonyl (C=O) groups is 1. The summed E-state index contributed by atoms with van der Waals surface area (Å²) in [5.41, 5.74) is 2.40. The molecule has 2 rings (SSSR count). The molecule has 0 atom stereocenters. The normalized spacial score (nSPS) is 10.8. The smallest absolute Gasteiger partial charge is 0.226 e. The van der Waals surface area contributed by atoms with Crippen LogP contribution in [-0.2, 0) is 11.2 Å². The summed E-state index contributed by atoms with van der Waals surface area (Å²) in [5, 5.41) is 12.4. The molecule has 4 nitrogen and oxygen atoms in total. The fourth-order valence-corrected chi connectivity index (χ4v) is 2.59. The Morgan fingerprint density at radius 2 is 2.15 bits per heavy atom. The molecule has 1 aromatic heterocycles. The monoisotopic (exact) mass is 289 g/mol. The molecule has 0 aliphatic rings. The van der Waals surface area contributed by atoms with E-state index in [-0.39, 0.29) is 5.91 Å². The molecule has 0 spiro atoms. The highest BCUT2D eigenvalue weighted by atomic mass is 32.1. The summed E-state index contributed by atoms with van der Waals surface area (Å²) in [5.74, 6) is 0.323. The van der Waals surface area contributed by atoms with E-state index in [1.165, 1.54) is 22.5 Å². The predicted molar refractivity (Wildman–Crippen MR) is 82.1 cm³/mol. The Morgan fingerprint density at radius 1 is 1.35 bits per heavy atom. The van der Waals surface area contributed by atoms with Crippen molar-refractivity contribution in [1.29, 1.82) is 0 Å². The number of hydrogen-bond acceptors (Lipinski definition) is 4. The number of hydrogen-bond donors (Lipinski definition) is 1. The van der Waals surface area contributed by atoms with Crippen LogP contribution >= 0.6 is 11.3 Å². The maximum absolute atomic E-state index is 11.9. The van der Waals surface area contributed by atoms with Gasteiger partial charge >= 0.3 is 0 Å². The third kappa shape index (κ3) is 4.13. The second kappa shape index (κ2) is 6.61. The zero-order valence-corrected chi connectivity index (χ0v) is 12.8. The van der Waals surface area contributed by atoms with Crippen LogP contribution in [0, 0.1) is 6.92 Å². The molecule has 1 aromatic carbocycles. The van der Waals surface area contributed by atoms with Crippen molar-refractivity contribution in [2.24, 2.45) is 0 Å². The number of nitrogens with one attached hydrogen (secondary N) is 1. The van der Waals surface area contributed by atoms with Crippen LogP contribution in [0.25, 0.3) is 0 Å². The quantitative estimate of drug-likeness (QED) is 0.916. The van der Waals surface area contributed by atoms with Crippen LogP contribution in [0.3, 0.4) is 0 Å². The minimum atomic E-state index is -0.0158. The van der Waals surface area contributed by atoms with Gasteiger partial charge in [0, 0.05) is 12.3 Å². The van der Waals surface area contributed by atoms with E-state index < -0.39 is 0 Å². The van der Waals surface area contributed by atoms with E-state index in [0.717, 1.165) is 11.4 Å². The van der Waals surface area contributed by atoms with Crippen LogP contribution < -0.4 is 5.32 Å². The summed E-state index contributed by atoms with van der Waals surface area (Å²) >= 11 is 1.44. The number of amides is 1. The van der Waals surface area contributed by atoms with Crippen LogP contribution in [0.15, 0.2) is 24.3 Å². The summed E-state index contributed by atoms with van der Waals surface area (Å²) < 4.78 is 0. The van der Waals surface area contributed by atoms with Gasteiger partial charge in [0.05, 0.1) is 0 Å². The first kappa shape index (κ1) is 14.7. The molecule has 0 radical (unpaired) electrons. The molecule has 0 saturated carbocycles. The standard InChI is InChI=1S/C15H19N3OS/c1-10(2)14-17-18-15(20-14)16-13(19)8-7-12-6-4-5-11(3)9-12/h4-6,9-10H,7-8H2,1-3H3,(H,16,18,19). The molecule has 0 unspecified atom stereocenters. The Bertz CT molecular complexity index is 592. The van der Waals surface area contributed by atoms with Crippen molar-refractivity contribution in [3.05, 3.63) is 40.4 Å². The van der Waals surface area contributed by atoms with Gasteiger partial charge in [0.25, 0.3) is 0 Å². The van der Waals surface area contributed by atoms with Gasteiger partial charge in [0.2, 0.25) is 11.0 Å². The average molecular weight is 289 g/mol. The van der Waals surface area contributed by atoms with E-state index >= 15 is 0 Å². The topological polar surface area (TPSA) is 54.9 Å². The van der Waals surface area contributed by atoms with Crippen LogP contribution in [-0.4, -0.2) is 16.1 Å². The molecule has 0 aliphatic carbocycles. The largest absolute Gasteiger partial charge is 0.301 e. The zero-order chi connectivity index (χ0) is 14.5. The first-order chi connectivity index (χ1) is 9.54. The second-order valence-corrected chi connectivity index (χ2v) is 6.15. The SMILES string of the molecule is Cc1cccc(CCC(=O)Nc2nnc(C(C)C)s2)c1. The number of nitrogens with zero attached hydrogens (tertiary/aromatic N) is 2. The van der Waals surface area contributed by atoms with Gasteiger partial charge in [0.15, 0.2) is 0 Å². The van der Waals surface area contributed by atoms with Crippen LogP contribution in [0.5, 0.6) is 0 Å². The van der Waals surface area contributed by atoms with Gasteiger partial charge in [-0.1, -0.05) is 55.0 Å². The molecule has 5 heteroatoms. The lowest BCUT2D eigenvalue weighted by Gasteiger charge is -2.03. The van der Waals surface area contributed by atoms with Crippen molar-refractivity contribution in [3.63, 3.8) is 0 Å². The number of rotatable bonds is 5. The Morgan fingerprint density at radius 3 is 2.80 bits per heavy atom. The molecular formula is C15H19N3OS. The van der Waals surface area contributed by atoms with Gasteiger partial charge in [-0.3, -0.25) is 4.79 Å². The molecule has 1 amide bonds. The average Bonchev–Trinajstić information content (AvgIpc) is 2.85. The maximum Gasteiger partial charge on any atom is 0.226 e. The van der Waals surface area contributed by atoms with Crippen molar-refractivity contribution >= 4 is 22.4 Å². The minimum absolute atomic E-state index is 0.0158. The molecule has 1 N–H and O–H groups in total. The summed E-state index contributed by atoms with van der Waals surface area (Å²) in [7, 11) is 0. The Kier molecular flexibility index (Phi) is 4.84. The van der Waals surface area contributed by atoms with Gasteiger partial charge in [-0.25, -0.2) is 0 Å². The van der Waals surface area contributed by atoms with Gasteiger partial charge < -0.3 is 5.32 Å². The zero-order valence-electron chi connectivity index (χ0n) is 12.0. The lowest BCUT2D eigenvalue weighted by molar-refractivity contribution is -0.116. The highest BCUT2D eigenvalue weighted by molar-refractivity contribution is 7.15. The van der Waals surface area contributed by atoms with Crippen molar-refractivity contribution in [2.75, 3.05) is 5.32 Å². The summed E-state index contributed by atoms with van der Waals surface area (Å²) in [6, 6.07) is 8.22. The van der Waals surface area contributed by atoms with Crippen molar-refractivity contribution in [3.8, 4) is 0 Å². The van der Waals surface area contributed by atoms with E-state index in [0.29, 0.717) is 17.5 Å². The Labute approximate surface area is 123 Å². The number of carbonyl (C=O) groups excluding carboxylic acids is 1. The van der Waals surface area contributed by atoms with Gasteiger partial charge in [-0.2, -0.15) is 0 Å². The fraction of sp³-hybridized carbons (Fsp3) is 0.400. The van der Waals surface area contributed by atoms with Crippen LogP contribution in [0.4, 0.5) is 5.13 Å². The van der Waals surface area contributed by atoms with Crippen LogP contribution in [0.2, 0.25) is 0 Å². The number of aromatic nitrogens is 2. The van der Waals surface area contributed by atoms with Gasteiger partial charge in [-0.05, 0) is 18.9 Å². The number of anilines is 1. The molecule has 0 aliphatic heterocycles. The molecule has 20 heavy (non-hydrogen) atoms. The number of aryl methyl sites for hydroxylation is 2. The highest BCUT2D eigenvalue weighted by Gasteiger charge is 2.10. The van der Waals surface area contributed by atoms with Crippen molar-refractivity contribution in [2.45, 2.75) is 39.5 Å². The molecule has 1 heterocycles. The third-order valence-electron chi connectivity index (χ3n) is 2.90. The summed E-state index contributed by atoms with van der Waals surface area (Å²) in [6.07, 6.45) is 1.20. The lowest BCUT2D eigenvalue weighted by Crippen LogP contribution is -2.12. The highest BCUT2D eigenvalue weighted by Crippen LogP contribution is 2.22. The van der Waals surface area contributed by atoms with Crippen molar-refractivity contribution < 1.29 is 4.79 Å². The molecule has 0 saturated heterocycles. The third-order valence-corrected chi connectivity index (χ3v) is 4.04. The molecular weight excluding hydrogens is 270 g/mol. The molecule has 0 fully saturated rings. The lowest BCUT2D eigenvalue weighted by atomic mass is 10.1. The first-order valence-corrected chi connectivity index (χ1v) is 7.55. The second-order valence-electron chi connectivity index (χ2n) is 5.14. The van der Waals surface area contributed by atoms with E-state index in [1.54, 1.807) is 0 Å². The van der Waals surface area contributed by atoms with E-state index in [1.807, 2.05) is 12.1 Å². The molecule has 106 valence electrons. The minimum Gasteiger partial charge on any atom is -0.301 e. The predicted octanol–water partition coefficient (Wildman–Crippen LogP) is 3.54. The van der Waals surface area contributed by atoms with Gasteiger partial charge in [0.1, 0.15) is 5.01 Å². The molecule has 2 aromatic rings. The summed E-state index contributed by atoms with van der Waals surface area (Å²) in [6.45, 7) is 6.17. The van der Waals surface area contributed by atoms with E-state index in [4.69, 9.17) is 0 Å². The Balaban J connectivity index is 1.86. The first-order valence-electron chi connectivity index (χ1n) is 6.73.